The summed E-state index contributed by atoms with van der Waals surface area (Å²) in [6.07, 6.45) is 5.14. The van der Waals surface area contributed by atoms with Gasteiger partial charge in [-0.2, -0.15) is 0 Å². The van der Waals surface area contributed by atoms with Gasteiger partial charge in [-0.25, -0.2) is 0 Å². The van der Waals surface area contributed by atoms with Gasteiger partial charge in [0.15, 0.2) is 0 Å². The predicted octanol–water partition coefficient (Wildman–Crippen LogP) is 1.96. The van der Waals surface area contributed by atoms with Gasteiger partial charge >= 0.3 is 0 Å². The number of rotatable bonds is 4. The van der Waals surface area contributed by atoms with Crippen molar-refractivity contribution in [1.82, 2.24) is 5.32 Å². The monoisotopic (exact) mass is 152 g/mol. The van der Waals surface area contributed by atoms with Gasteiger partial charge in [0.25, 0.3) is 0 Å². The summed E-state index contributed by atoms with van der Waals surface area (Å²) < 4.78 is 0. The third-order valence-corrected chi connectivity index (χ3v) is 1.32. The van der Waals surface area contributed by atoms with Crippen LogP contribution >= 0.6 is 0 Å². The van der Waals surface area contributed by atoms with Gasteiger partial charge in [0.1, 0.15) is 0 Å². The molecule has 0 aliphatic rings. The summed E-state index contributed by atoms with van der Waals surface area (Å²) in [6, 6.07) is 0. The summed E-state index contributed by atoms with van der Waals surface area (Å²) in [7, 11) is 1.90. The Bertz CT molecular complexity index is 166. The van der Waals surface area contributed by atoms with Crippen LogP contribution in [0.3, 0.4) is 0 Å². The molecule has 0 heterocycles. The normalized spacial score (nSPS) is 12.5. The van der Waals surface area contributed by atoms with Crippen LogP contribution in [0, 0.1) is 5.92 Å². The summed E-state index contributed by atoms with van der Waals surface area (Å²) >= 11 is 0. The van der Waals surface area contributed by atoms with Crippen molar-refractivity contribution in [2.24, 2.45) is 10.9 Å². The lowest BCUT2D eigenvalue weighted by atomic mass is 10.1. The van der Waals surface area contributed by atoms with Crippen LogP contribution < -0.4 is 5.32 Å². The lowest BCUT2D eigenvalue weighted by Crippen LogP contribution is -2.10. The van der Waals surface area contributed by atoms with Crippen molar-refractivity contribution >= 4 is 6.21 Å². The Labute approximate surface area is 68.7 Å². The molecule has 0 atom stereocenters. The summed E-state index contributed by atoms with van der Waals surface area (Å²) in [6.45, 7) is 7.76. The van der Waals surface area contributed by atoms with E-state index < -0.39 is 0 Å². The van der Waals surface area contributed by atoms with Crippen LogP contribution in [0.4, 0.5) is 0 Å². The fourth-order valence-electron chi connectivity index (χ4n) is 0.686. The second-order valence-corrected chi connectivity index (χ2v) is 2.52. The molecule has 0 spiro atoms. The van der Waals surface area contributed by atoms with Crippen LogP contribution in [0.5, 0.6) is 0 Å². The van der Waals surface area contributed by atoms with Gasteiger partial charge in [-0.3, -0.25) is 4.99 Å². The van der Waals surface area contributed by atoms with Crippen LogP contribution in [-0.4, -0.2) is 13.3 Å². The first-order valence-corrected chi connectivity index (χ1v) is 3.74. The second-order valence-electron chi connectivity index (χ2n) is 2.52. The van der Waals surface area contributed by atoms with Gasteiger partial charge in [0, 0.05) is 25.2 Å². The Morgan fingerprint density at radius 1 is 1.55 bits per heavy atom. The molecule has 1 N–H and O–H groups in total. The maximum atomic E-state index is 4.01. The number of allylic oxidation sites excluding steroid dienone is 2. The zero-order valence-electron chi connectivity index (χ0n) is 7.46. The third-order valence-electron chi connectivity index (χ3n) is 1.32. The van der Waals surface area contributed by atoms with Crippen LogP contribution in [0.1, 0.15) is 13.8 Å². The molecule has 0 aromatic heterocycles. The molecule has 0 aromatic carbocycles. The fraction of sp³-hybridized carbons (Fsp3) is 0.444. The van der Waals surface area contributed by atoms with E-state index in [-0.39, 0.29) is 0 Å². The van der Waals surface area contributed by atoms with Crippen LogP contribution in [0.25, 0.3) is 0 Å². The van der Waals surface area contributed by atoms with E-state index in [0.717, 1.165) is 5.70 Å². The van der Waals surface area contributed by atoms with Gasteiger partial charge in [-0.05, 0) is 5.92 Å². The molecule has 0 radical (unpaired) electrons. The Balaban J connectivity index is 4.11. The van der Waals surface area contributed by atoms with E-state index in [4.69, 9.17) is 0 Å². The minimum atomic E-state index is 0.488. The fourth-order valence-corrected chi connectivity index (χ4v) is 0.686. The van der Waals surface area contributed by atoms with Gasteiger partial charge in [0.2, 0.25) is 0 Å². The molecule has 0 rings (SSSR count). The summed E-state index contributed by atoms with van der Waals surface area (Å²) in [4.78, 5) is 4.01. The minimum absolute atomic E-state index is 0.488. The first kappa shape index (κ1) is 9.95. The molecule has 0 amide bonds. The molecule has 0 fully saturated rings. The largest absolute Gasteiger partial charge is 0.390 e. The molecule has 0 aliphatic carbocycles. The number of aliphatic imine (C=N–C) groups is 1. The molecular weight excluding hydrogens is 136 g/mol. The lowest BCUT2D eigenvalue weighted by Gasteiger charge is -2.07. The summed E-state index contributed by atoms with van der Waals surface area (Å²) in [5, 5.41) is 3.07. The molecule has 0 bridgehead atoms. The van der Waals surface area contributed by atoms with Crippen molar-refractivity contribution in [3.8, 4) is 0 Å². The Morgan fingerprint density at radius 2 is 2.18 bits per heavy atom. The van der Waals surface area contributed by atoms with E-state index in [1.165, 1.54) is 0 Å². The predicted molar refractivity (Wildman–Crippen MR) is 50.7 cm³/mol. The SMILES string of the molecule is C=CC=N/C=C(\NC)C(C)C. The van der Waals surface area contributed by atoms with E-state index in [1.54, 1.807) is 12.3 Å². The van der Waals surface area contributed by atoms with Gasteiger partial charge in [-0.15, -0.1) is 0 Å². The molecule has 0 saturated carbocycles. The smallest absolute Gasteiger partial charge is 0.0459 e. The molecule has 62 valence electrons. The van der Waals surface area contributed by atoms with Crippen molar-refractivity contribution in [1.29, 1.82) is 0 Å². The van der Waals surface area contributed by atoms with Crippen molar-refractivity contribution in [2.75, 3.05) is 7.05 Å². The highest BCUT2D eigenvalue weighted by Crippen LogP contribution is 2.03. The zero-order valence-corrected chi connectivity index (χ0v) is 7.46. The van der Waals surface area contributed by atoms with Crippen LogP contribution in [0.15, 0.2) is 29.5 Å². The van der Waals surface area contributed by atoms with E-state index >= 15 is 0 Å². The standard InChI is InChI=1S/C9H16N2/c1-5-6-11-7-9(10-4)8(2)3/h5-8,10H,1H2,2-4H3/b9-7-,11-6?. The highest BCUT2D eigenvalue weighted by molar-refractivity contribution is 5.70. The van der Waals surface area contributed by atoms with Crippen molar-refractivity contribution in [2.45, 2.75) is 13.8 Å². The molecule has 2 heteroatoms. The highest BCUT2D eigenvalue weighted by atomic mass is 14.9. The molecule has 2 nitrogen and oxygen atoms in total. The highest BCUT2D eigenvalue weighted by Gasteiger charge is 1.97. The van der Waals surface area contributed by atoms with E-state index in [9.17, 15) is 0 Å². The quantitative estimate of drug-likeness (QED) is 0.612. The van der Waals surface area contributed by atoms with Gasteiger partial charge < -0.3 is 5.32 Å². The first-order valence-electron chi connectivity index (χ1n) is 3.74. The number of nitrogens with one attached hydrogen (secondary N) is 1. The minimum Gasteiger partial charge on any atom is -0.390 e. The molecule has 0 aromatic rings. The van der Waals surface area contributed by atoms with E-state index in [0.29, 0.717) is 5.92 Å². The van der Waals surface area contributed by atoms with Crippen LogP contribution in [-0.2, 0) is 0 Å². The van der Waals surface area contributed by atoms with Crippen molar-refractivity contribution in [3.05, 3.63) is 24.6 Å². The third kappa shape index (κ3) is 4.37. The average Bonchev–Trinajstić information content (AvgIpc) is 1.97. The van der Waals surface area contributed by atoms with Gasteiger partial charge in [-0.1, -0.05) is 26.5 Å². The molecule has 0 aliphatic heterocycles. The number of nitrogens with zero attached hydrogens (tertiary/aromatic N) is 1. The summed E-state index contributed by atoms with van der Waals surface area (Å²) in [5.41, 5.74) is 1.13. The van der Waals surface area contributed by atoms with Crippen molar-refractivity contribution < 1.29 is 0 Å². The lowest BCUT2D eigenvalue weighted by molar-refractivity contribution is 0.696. The zero-order chi connectivity index (χ0) is 8.69. The first-order chi connectivity index (χ1) is 5.22. The van der Waals surface area contributed by atoms with E-state index in [2.05, 4.69) is 30.7 Å². The van der Waals surface area contributed by atoms with E-state index in [1.807, 2.05) is 13.2 Å². The number of hydrogen-bond acceptors (Lipinski definition) is 2. The summed E-state index contributed by atoms with van der Waals surface area (Å²) in [5.74, 6) is 0.488. The topological polar surface area (TPSA) is 24.4 Å². The maximum absolute atomic E-state index is 4.01. The Hall–Kier alpha value is -1.05. The molecule has 0 saturated heterocycles. The molecule has 0 unspecified atom stereocenters. The van der Waals surface area contributed by atoms with Gasteiger partial charge in [0.05, 0.1) is 0 Å². The Morgan fingerprint density at radius 3 is 2.55 bits per heavy atom. The average molecular weight is 152 g/mol. The maximum Gasteiger partial charge on any atom is 0.0459 e. The molecular formula is C9H16N2. The number of hydrogen-bond donors (Lipinski definition) is 1. The Kier molecular flexibility index (Phi) is 5.17. The van der Waals surface area contributed by atoms with Crippen LogP contribution in [0.2, 0.25) is 0 Å². The second kappa shape index (κ2) is 5.71. The molecule has 11 heavy (non-hydrogen) atoms. The van der Waals surface area contributed by atoms with Crippen molar-refractivity contribution in [3.63, 3.8) is 0 Å².